The van der Waals surface area contributed by atoms with Crippen molar-refractivity contribution < 1.29 is 9.21 Å². The lowest BCUT2D eigenvalue weighted by Crippen LogP contribution is -2.41. The van der Waals surface area contributed by atoms with E-state index in [0.29, 0.717) is 11.1 Å². The van der Waals surface area contributed by atoms with E-state index in [1.165, 1.54) is 12.8 Å². The van der Waals surface area contributed by atoms with Crippen LogP contribution in [-0.2, 0) is 0 Å². The van der Waals surface area contributed by atoms with Crippen LogP contribution in [0, 0.1) is 17.2 Å². The van der Waals surface area contributed by atoms with Crippen LogP contribution in [0.4, 0.5) is 0 Å². The summed E-state index contributed by atoms with van der Waals surface area (Å²) in [5.41, 5.74) is 1.26. The molecule has 1 atom stereocenters. The minimum absolute atomic E-state index is 0.0425. The third-order valence-corrected chi connectivity index (χ3v) is 5.03. The molecule has 0 radical (unpaired) electrons. The van der Waals surface area contributed by atoms with Crippen LogP contribution < -0.4 is 5.32 Å². The first kappa shape index (κ1) is 14.3. The summed E-state index contributed by atoms with van der Waals surface area (Å²) in [6.45, 7) is 3.28. The quantitative estimate of drug-likeness (QED) is 0.925. The minimum Gasteiger partial charge on any atom is -0.446 e. The second-order valence-electron chi connectivity index (χ2n) is 6.63. The molecule has 3 saturated heterocycles. The monoisotopic (exact) mass is 309 g/mol. The molecular weight excluding hydrogens is 290 g/mol. The molecule has 5 heteroatoms. The fraction of sp³-hybridized carbons (Fsp3) is 0.444. The molecule has 5 nitrogen and oxygen atoms in total. The van der Waals surface area contributed by atoms with Gasteiger partial charge in [-0.1, -0.05) is 0 Å². The average Bonchev–Trinajstić information content (AvgIpc) is 2.77. The van der Waals surface area contributed by atoms with Crippen LogP contribution in [0.1, 0.15) is 35.4 Å². The molecule has 5 rings (SSSR count). The molecule has 3 aliphatic rings. The number of rotatable bonds is 2. The molecule has 2 bridgehead atoms. The highest BCUT2D eigenvalue weighted by molar-refractivity contribution is 5.98. The van der Waals surface area contributed by atoms with E-state index in [-0.39, 0.29) is 17.7 Å². The van der Waals surface area contributed by atoms with E-state index in [1.54, 1.807) is 24.3 Å². The molecule has 3 fully saturated rings. The van der Waals surface area contributed by atoms with Gasteiger partial charge in [0.15, 0.2) is 0 Å². The second kappa shape index (κ2) is 5.71. The highest BCUT2D eigenvalue weighted by atomic mass is 16.3. The van der Waals surface area contributed by atoms with Crippen molar-refractivity contribution in [3.05, 3.63) is 35.6 Å². The molecule has 1 aromatic carbocycles. The number of piperidine rings is 1. The Bertz CT molecular complexity index is 767. The van der Waals surface area contributed by atoms with Gasteiger partial charge in [-0.25, -0.2) is 0 Å². The average molecular weight is 309 g/mol. The number of nitriles is 1. The molecule has 1 N–H and O–H groups in total. The standard InChI is InChI=1S/C18H19N3O2/c19-10-16-9-14-8-13(1-2-17(14)23-16)18(22)20-15-7-12-3-5-21(11-15)6-4-12/h1-2,8-9,12,15H,3-7,11H2,(H,20,22). The number of nitrogens with one attached hydrogen (secondary N) is 1. The van der Waals surface area contributed by atoms with Gasteiger partial charge in [-0.15, -0.1) is 0 Å². The fourth-order valence-electron chi connectivity index (χ4n) is 3.81. The van der Waals surface area contributed by atoms with Crippen molar-refractivity contribution in [3.8, 4) is 6.07 Å². The molecule has 23 heavy (non-hydrogen) atoms. The first-order valence-corrected chi connectivity index (χ1v) is 8.18. The summed E-state index contributed by atoms with van der Waals surface area (Å²) in [5.74, 6) is 0.971. The molecule has 0 saturated carbocycles. The van der Waals surface area contributed by atoms with Crippen molar-refractivity contribution in [2.24, 2.45) is 5.92 Å². The maximum absolute atomic E-state index is 12.6. The molecule has 4 heterocycles. The maximum Gasteiger partial charge on any atom is 0.251 e. The number of hydrogen-bond donors (Lipinski definition) is 1. The van der Waals surface area contributed by atoms with E-state index in [0.717, 1.165) is 37.4 Å². The molecule has 1 amide bonds. The van der Waals surface area contributed by atoms with Crippen molar-refractivity contribution in [1.29, 1.82) is 5.26 Å². The van der Waals surface area contributed by atoms with Gasteiger partial charge < -0.3 is 14.6 Å². The molecule has 0 spiro atoms. The normalized spacial score (nSPS) is 26.7. The summed E-state index contributed by atoms with van der Waals surface area (Å²) in [4.78, 5) is 15.0. The number of nitrogens with zero attached hydrogens (tertiary/aromatic N) is 2. The summed E-state index contributed by atoms with van der Waals surface area (Å²) < 4.78 is 5.36. The van der Waals surface area contributed by atoms with Gasteiger partial charge in [-0.05, 0) is 56.5 Å². The van der Waals surface area contributed by atoms with Crippen LogP contribution in [0.3, 0.4) is 0 Å². The second-order valence-corrected chi connectivity index (χ2v) is 6.63. The minimum atomic E-state index is -0.0425. The number of amides is 1. The molecule has 2 aromatic rings. The van der Waals surface area contributed by atoms with Gasteiger partial charge in [0.1, 0.15) is 11.7 Å². The Labute approximate surface area is 134 Å². The van der Waals surface area contributed by atoms with E-state index >= 15 is 0 Å². The van der Waals surface area contributed by atoms with Crippen molar-refractivity contribution in [2.75, 3.05) is 19.6 Å². The third-order valence-electron chi connectivity index (χ3n) is 5.03. The summed E-state index contributed by atoms with van der Waals surface area (Å²) in [6, 6.07) is 9.19. The first-order valence-electron chi connectivity index (χ1n) is 8.18. The van der Waals surface area contributed by atoms with Crippen molar-refractivity contribution in [2.45, 2.75) is 25.3 Å². The number of hydrogen-bond acceptors (Lipinski definition) is 4. The Balaban J connectivity index is 1.51. The van der Waals surface area contributed by atoms with Gasteiger partial charge in [-0.3, -0.25) is 4.79 Å². The first-order chi connectivity index (χ1) is 11.2. The lowest BCUT2D eigenvalue weighted by molar-refractivity contribution is 0.0929. The molecule has 1 aromatic heterocycles. The lowest BCUT2D eigenvalue weighted by Gasteiger charge is -2.26. The predicted molar refractivity (Wildman–Crippen MR) is 86.0 cm³/mol. The molecule has 1 unspecified atom stereocenters. The Morgan fingerprint density at radius 1 is 1.30 bits per heavy atom. The highest BCUT2D eigenvalue weighted by Gasteiger charge is 2.29. The number of carbonyl (C=O) groups excluding carboxylic acids is 1. The number of benzene rings is 1. The Morgan fingerprint density at radius 2 is 2.13 bits per heavy atom. The van der Waals surface area contributed by atoms with Crippen LogP contribution in [0.15, 0.2) is 28.7 Å². The highest BCUT2D eigenvalue weighted by Crippen LogP contribution is 2.27. The summed E-state index contributed by atoms with van der Waals surface area (Å²) in [7, 11) is 0. The van der Waals surface area contributed by atoms with Crippen molar-refractivity contribution in [1.82, 2.24) is 10.2 Å². The van der Waals surface area contributed by atoms with E-state index in [1.807, 2.05) is 6.07 Å². The van der Waals surface area contributed by atoms with Gasteiger partial charge in [0.05, 0.1) is 0 Å². The maximum atomic E-state index is 12.6. The zero-order valence-electron chi connectivity index (χ0n) is 12.9. The summed E-state index contributed by atoms with van der Waals surface area (Å²) in [5, 5.41) is 12.9. The van der Waals surface area contributed by atoms with Crippen molar-refractivity contribution >= 4 is 16.9 Å². The van der Waals surface area contributed by atoms with Crippen LogP contribution in [0.2, 0.25) is 0 Å². The number of fused-ring (bicyclic) bond motifs is 5. The zero-order valence-corrected chi connectivity index (χ0v) is 12.9. The largest absolute Gasteiger partial charge is 0.446 e. The topological polar surface area (TPSA) is 69.3 Å². The third kappa shape index (κ3) is 2.82. The van der Waals surface area contributed by atoms with Crippen LogP contribution >= 0.6 is 0 Å². The summed E-state index contributed by atoms with van der Waals surface area (Å²) >= 11 is 0. The van der Waals surface area contributed by atoms with E-state index in [4.69, 9.17) is 9.68 Å². The van der Waals surface area contributed by atoms with E-state index in [9.17, 15) is 4.79 Å². The van der Waals surface area contributed by atoms with Crippen LogP contribution in [-0.4, -0.2) is 36.5 Å². The SMILES string of the molecule is N#Cc1cc2cc(C(=O)NC3CC4CCN(CC4)C3)ccc2o1. The number of carbonyl (C=O) groups is 1. The Hall–Kier alpha value is -2.32. The van der Waals surface area contributed by atoms with Crippen LogP contribution in [0.5, 0.6) is 0 Å². The van der Waals surface area contributed by atoms with Gasteiger partial charge in [-0.2, -0.15) is 5.26 Å². The van der Waals surface area contributed by atoms with Crippen LogP contribution in [0.25, 0.3) is 11.0 Å². The smallest absolute Gasteiger partial charge is 0.251 e. The van der Waals surface area contributed by atoms with E-state index in [2.05, 4.69) is 10.2 Å². The van der Waals surface area contributed by atoms with E-state index < -0.39 is 0 Å². The summed E-state index contributed by atoms with van der Waals surface area (Å²) in [6.07, 6.45) is 3.59. The number of furan rings is 1. The van der Waals surface area contributed by atoms with Gasteiger partial charge in [0.2, 0.25) is 5.76 Å². The molecular formula is C18H19N3O2. The van der Waals surface area contributed by atoms with Gasteiger partial charge in [0, 0.05) is 29.6 Å². The predicted octanol–water partition coefficient (Wildman–Crippen LogP) is 2.52. The van der Waals surface area contributed by atoms with Crippen molar-refractivity contribution in [3.63, 3.8) is 0 Å². The molecule has 3 aliphatic heterocycles. The fourth-order valence-corrected chi connectivity index (χ4v) is 3.81. The molecule has 0 aliphatic carbocycles. The lowest BCUT2D eigenvalue weighted by atomic mass is 9.94. The zero-order chi connectivity index (χ0) is 15.8. The Kier molecular flexibility index (Phi) is 3.55. The molecule has 118 valence electrons. The Morgan fingerprint density at radius 3 is 2.91 bits per heavy atom. The van der Waals surface area contributed by atoms with Gasteiger partial charge >= 0.3 is 0 Å². The van der Waals surface area contributed by atoms with Gasteiger partial charge in [0.25, 0.3) is 5.91 Å².